The lowest BCUT2D eigenvalue weighted by molar-refractivity contribution is -0.322. The van der Waals surface area contributed by atoms with Crippen LogP contribution in [0.1, 0.15) is 11.0 Å². The van der Waals surface area contributed by atoms with Gasteiger partial charge in [-0.3, -0.25) is 0 Å². The molecule has 1 heterocycles. The van der Waals surface area contributed by atoms with Gasteiger partial charge in [0.15, 0.2) is 5.79 Å². The van der Waals surface area contributed by atoms with E-state index < -0.39 is 24.1 Å². The molecular formula is C9H18O5. The molecule has 0 bridgehead atoms. The molecule has 1 fully saturated rings. The van der Waals surface area contributed by atoms with E-state index in [0.717, 1.165) is 0 Å². The average molecular weight is 209 g/mol. The second kappa shape index (κ2) is 4.55. The highest BCUT2D eigenvalue weighted by atomic mass is 16.7. The van der Waals surface area contributed by atoms with E-state index in [0.29, 0.717) is 0 Å². The zero-order chi connectivity index (χ0) is 12.9. The van der Waals surface area contributed by atoms with Crippen LogP contribution >= 0.6 is 0 Å². The van der Waals surface area contributed by atoms with E-state index in [2.05, 4.69) is 0 Å². The van der Waals surface area contributed by atoms with Gasteiger partial charge >= 0.3 is 0 Å². The molecule has 14 heavy (non-hydrogen) atoms. The molecule has 0 spiro atoms. The van der Waals surface area contributed by atoms with Crippen molar-refractivity contribution in [2.75, 3.05) is 27.9 Å². The maximum atomic E-state index is 9.97. The highest BCUT2D eigenvalue weighted by molar-refractivity contribution is 4.91. The Morgan fingerprint density at radius 3 is 2.71 bits per heavy atom. The molecule has 0 aromatic rings. The van der Waals surface area contributed by atoms with Crippen molar-refractivity contribution < 1.29 is 28.2 Å². The van der Waals surface area contributed by atoms with Gasteiger partial charge in [-0.1, -0.05) is 0 Å². The number of hydrogen-bond acceptors (Lipinski definition) is 5. The van der Waals surface area contributed by atoms with Crippen LogP contribution in [-0.2, 0) is 18.9 Å². The monoisotopic (exact) mass is 209 g/mol. The molecule has 4 atom stereocenters. The Balaban J connectivity index is 2.79. The Hall–Kier alpha value is -0.200. The van der Waals surface area contributed by atoms with Gasteiger partial charge < -0.3 is 24.1 Å². The fraction of sp³-hybridized carbons (Fsp3) is 1.00. The summed E-state index contributed by atoms with van der Waals surface area (Å²) in [5.74, 6) is -1.59. The van der Waals surface area contributed by atoms with E-state index in [1.165, 1.54) is 6.92 Å². The quantitative estimate of drug-likeness (QED) is 0.696. The first-order valence-corrected chi connectivity index (χ1v) is 4.15. The van der Waals surface area contributed by atoms with Crippen LogP contribution in [0.2, 0.25) is 0 Å². The number of rotatable bonds is 3. The van der Waals surface area contributed by atoms with Crippen molar-refractivity contribution >= 4 is 0 Å². The molecule has 1 aliphatic heterocycles. The maximum absolute atomic E-state index is 9.97. The van der Waals surface area contributed by atoms with Crippen LogP contribution in [0.25, 0.3) is 0 Å². The van der Waals surface area contributed by atoms with E-state index in [-0.39, 0.29) is 27.9 Å². The van der Waals surface area contributed by atoms with Crippen molar-refractivity contribution in [3.63, 3.8) is 0 Å². The number of methoxy groups -OCH3 is 3. The molecule has 0 aromatic carbocycles. The Morgan fingerprint density at radius 2 is 2.07 bits per heavy atom. The average Bonchev–Trinajstić information content (AvgIpc) is 2.28. The molecule has 5 nitrogen and oxygen atoms in total. The lowest BCUT2D eigenvalue weighted by Crippen LogP contribution is -2.61. The summed E-state index contributed by atoms with van der Waals surface area (Å²) in [6.45, 7) is 1.46. The highest BCUT2D eigenvalue weighted by Crippen LogP contribution is 2.28. The SMILES string of the molecule is [2H]CO[C@@H]1[C@@H](OC[2H])C(C)(O)OC[C@H]1OC[2H]. The van der Waals surface area contributed by atoms with Gasteiger partial charge in [0.2, 0.25) is 0 Å². The minimum Gasteiger partial charge on any atom is -0.376 e. The summed E-state index contributed by atoms with van der Waals surface area (Å²) in [4.78, 5) is 0. The molecule has 84 valence electrons. The molecule has 5 heteroatoms. The Labute approximate surface area is 88.1 Å². The van der Waals surface area contributed by atoms with Crippen LogP contribution in [0.3, 0.4) is 0 Å². The van der Waals surface area contributed by atoms with Crippen LogP contribution in [0.4, 0.5) is 0 Å². The van der Waals surface area contributed by atoms with E-state index in [1.54, 1.807) is 0 Å². The molecule has 0 amide bonds. The van der Waals surface area contributed by atoms with Gasteiger partial charge in [-0.2, -0.15) is 0 Å². The van der Waals surface area contributed by atoms with Crippen molar-refractivity contribution in [2.24, 2.45) is 0 Å². The van der Waals surface area contributed by atoms with Gasteiger partial charge in [0.05, 0.1) is 10.7 Å². The summed E-state index contributed by atoms with van der Waals surface area (Å²) in [6, 6.07) is 0. The summed E-state index contributed by atoms with van der Waals surface area (Å²) in [5.41, 5.74) is 0. The van der Waals surface area contributed by atoms with Gasteiger partial charge in [-0.25, -0.2) is 0 Å². The first-order chi connectivity index (χ1) is 8.06. The topological polar surface area (TPSA) is 57.2 Å². The van der Waals surface area contributed by atoms with E-state index in [9.17, 15) is 5.11 Å². The number of aliphatic hydroxyl groups is 1. The summed E-state index contributed by atoms with van der Waals surface area (Å²) in [6.07, 6.45) is -2.24. The molecule has 0 saturated carbocycles. The fourth-order valence-corrected chi connectivity index (χ4v) is 1.51. The fourth-order valence-electron chi connectivity index (χ4n) is 1.51. The molecule has 1 unspecified atom stereocenters. The highest BCUT2D eigenvalue weighted by Gasteiger charge is 2.48. The van der Waals surface area contributed by atoms with Gasteiger partial charge in [0, 0.05) is 21.3 Å². The standard InChI is InChI=1S/C9H18O5/c1-9(10)8(13-4)7(12-3)6(11-2)5-14-9/h6-8,10H,5H2,1-4H3/t6-,7+,8-,9?/m1/s1/i2D,3D,4D. The zero-order valence-electron chi connectivity index (χ0n) is 11.1. The molecule has 1 saturated heterocycles. The molecule has 1 rings (SSSR count). The third-order valence-corrected chi connectivity index (χ3v) is 2.32. The third-order valence-electron chi connectivity index (χ3n) is 2.32. The Bertz CT molecular complexity index is 229. The van der Waals surface area contributed by atoms with Crippen molar-refractivity contribution in [3.8, 4) is 0 Å². The molecule has 0 aromatic heterocycles. The van der Waals surface area contributed by atoms with Crippen LogP contribution in [0, 0.1) is 0 Å². The molecule has 0 aliphatic carbocycles. The second-order valence-corrected chi connectivity index (χ2v) is 3.29. The van der Waals surface area contributed by atoms with E-state index in [4.69, 9.17) is 23.1 Å². The maximum Gasteiger partial charge on any atom is 0.192 e. The Morgan fingerprint density at radius 1 is 1.36 bits per heavy atom. The molecule has 1 aliphatic rings. The largest absolute Gasteiger partial charge is 0.376 e. The van der Waals surface area contributed by atoms with Crippen LogP contribution in [-0.4, -0.2) is 57.1 Å². The van der Waals surface area contributed by atoms with Gasteiger partial charge in [0.25, 0.3) is 0 Å². The van der Waals surface area contributed by atoms with Crippen molar-refractivity contribution in [2.45, 2.75) is 31.0 Å². The van der Waals surface area contributed by atoms with Crippen molar-refractivity contribution in [1.29, 1.82) is 0 Å². The van der Waals surface area contributed by atoms with Gasteiger partial charge in [-0.15, -0.1) is 0 Å². The summed E-state index contributed by atoms with van der Waals surface area (Å²) in [5, 5.41) is 9.97. The van der Waals surface area contributed by atoms with E-state index >= 15 is 0 Å². The molecule has 1 N–H and O–H groups in total. The number of hydrogen-bond donors (Lipinski definition) is 1. The van der Waals surface area contributed by atoms with Crippen molar-refractivity contribution in [1.82, 2.24) is 0 Å². The number of ether oxygens (including phenoxy) is 4. The smallest absolute Gasteiger partial charge is 0.192 e. The minimum absolute atomic E-state index is 0.0500. The first kappa shape index (κ1) is 8.01. The molecule has 0 radical (unpaired) electrons. The summed E-state index contributed by atoms with van der Waals surface area (Å²) in [7, 11) is -0.965. The predicted octanol–water partition coefficient (Wildman–Crippen LogP) is -0.230. The Kier molecular flexibility index (Phi) is 2.60. The third kappa shape index (κ3) is 2.07. The zero-order valence-corrected chi connectivity index (χ0v) is 8.14. The molecular weight excluding hydrogens is 188 g/mol. The summed E-state index contributed by atoms with van der Waals surface area (Å²) < 4.78 is 41.6. The van der Waals surface area contributed by atoms with E-state index in [1.807, 2.05) is 0 Å². The first-order valence-electron chi connectivity index (χ1n) is 6.27. The second-order valence-electron chi connectivity index (χ2n) is 3.29. The predicted molar refractivity (Wildman–Crippen MR) is 49.0 cm³/mol. The lowest BCUT2D eigenvalue weighted by Gasteiger charge is -2.43. The van der Waals surface area contributed by atoms with Crippen LogP contribution in [0.15, 0.2) is 0 Å². The lowest BCUT2D eigenvalue weighted by atomic mass is 9.98. The van der Waals surface area contributed by atoms with Crippen LogP contribution < -0.4 is 0 Å². The van der Waals surface area contributed by atoms with Crippen LogP contribution in [0.5, 0.6) is 0 Å². The normalized spacial score (nSPS) is 46.7. The summed E-state index contributed by atoms with van der Waals surface area (Å²) >= 11 is 0. The van der Waals surface area contributed by atoms with Gasteiger partial charge in [0.1, 0.15) is 18.3 Å². The van der Waals surface area contributed by atoms with Gasteiger partial charge in [-0.05, 0) is 6.92 Å². The minimum atomic E-state index is -1.59. The van der Waals surface area contributed by atoms with Crippen molar-refractivity contribution in [3.05, 3.63) is 0 Å².